The number of nitro groups is 1. The molecular weight excluding hydrogens is 272 g/mol. The summed E-state index contributed by atoms with van der Waals surface area (Å²) in [4.78, 5) is 22.0. The Morgan fingerprint density at radius 3 is 2.89 bits per heavy atom. The second-order valence-corrected chi connectivity index (χ2v) is 4.72. The Morgan fingerprint density at radius 2 is 2.32 bits per heavy atom. The van der Waals surface area contributed by atoms with E-state index < -0.39 is 4.92 Å². The largest absolute Gasteiger partial charge is 0.379 e. The maximum Gasteiger partial charge on any atom is 0.287 e. The Morgan fingerprint density at radius 1 is 1.53 bits per heavy atom. The summed E-state index contributed by atoms with van der Waals surface area (Å²) in [7, 11) is 0. The average molecular weight is 285 g/mol. The van der Waals surface area contributed by atoms with E-state index >= 15 is 0 Å². The molecule has 1 saturated heterocycles. The van der Waals surface area contributed by atoms with Gasteiger partial charge in [-0.2, -0.15) is 0 Å². The zero-order valence-electron chi connectivity index (χ0n) is 10.1. The van der Waals surface area contributed by atoms with Gasteiger partial charge in [0.05, 0.1) is 17.6 Å². The third-order valence-electron chi connectivity index (χ3n) is 2.90. The minimum Gasteiger partial charge on any atom is -0.379 e. The maximum absolute atomic E-state index is 12.0. The predicted molar refractivity (Wildman–Crippen MR) is 69.4 cm³/mol. The third kappa shape index (κ3) is 3.42. The average Bonchev–Trinajstić information content (AvgIpc) is 2.39. The molecule has 7 heteroatoms. The smallest absolute Gasteiger partial charge is 0.287 e. The zero-order chi connectivity index (χ0) is 13.8. The van der Waals surface area contributed by atoms with Crippen molar-refractivity contribution in [3.05, 3.63) is 38.9 Å². The fraction of sp³-hybridized carbons (Fsp3) is 0.417. The molecule has 2 rings (SSSR count). The van der Waals surface area contributed by atoms with Crippen LogP contribution < -0.4 is 5.32 Å². The molecule has 19 heavy (non-hydrogen) atoms. The van der Waals surface area contributed by atoms with Crippen molar-refractivity contribution in [2.75, 3.05) is 13.2 Å². The summed E-state index contributed by atoms with van der Waals surface area (Å²) in [6, 6.07) is 3.91. The molecule has 1 aliphatic heterocycles. The molecule has 0 bridgehead atoms. The van der Waals surface area contributed by atoms with Crippen molar-refractivity contribution in [2.45, 2.75) is 18.9 Å². The molecule has 1 atom stereocenters. The van der Waals surface area contributed by atoms with Crippen molar-refractivity contribution >= 4 is 23.2 Å². The van der Waals surface area contributed by atoms with Gasteiger partial charge in [-0.05, 0) is 25.0 Å². The number of ether oxygens (including phenoxy) is 1. The molecule has 6 nitrogen and oxygen atoms in total. The molecule has 1 amide bonds. The molecule has 0 aliphatic carbocycles. The van der Waals surface area contributed by atoms with Crippen molar-refractivity contribution in [1.29, 1.82) is 0 Å². The van der Waals surface area contributed by atoms with Gasteiger partial charge in [-0.15, -0.1) is 0 Å². The SMILES string of the molecule is O=C(NC1CCCOC1)c1ccc([N+](=O)[O-])c(Cl)c1. The highest BCUT2D eigenvalue weighted by Crippen LogP contribution is 2.25. The Kier molecular flexibility index (Phi) is 4.34. The van der Waals surface area contributed by atoms with Crippen LogP contribution in [-0.4, -0.2) is 30.1 Å². The number of hydrogen-bond donors (Lipinski definition) is 1. The first kappa shape index (κ1) is 13.8. The molecule has 1 aromatic carbocycles. The standard InChI is InChI=1S/C12H13ClN2O4/c13-10-6-8(3-4-11(10)15(17)18)12(16)14-9-2-1-5-19-7-9/h3-4,6,9H,1-2,5,7H2,(H,14,16). The fourth-order valence-electron chi connectivity index (χ4n) is 1.92. The van der Waals surface area contributed by atoms with Crippen molar-refractivity contribution in [1.82, 2.24) is 5.32 Å². The van der Waals surface area contributed by atoms with Crippen molar-refractivity contribution in [2.24, 2.45) is 0 Å². The van der Waals surface area contributed by atoms with Crippen LogP contribution in [-0.2, 0) is 4.74 Å². The second kappa shape index (κ2) is 5.99. The van der Waals surface area contributed by atoms with Gasteiger partial charge in [0, 0.05) is 18.2 Å². The minimum absolute atomic E-state index is 0.0183. The van der Waals surface area contributed by atoms with E-state index in [1.807, 2.05) is 0 Å². The Bertz CT molecular complexity index is 501. The van der Waals surface area contributed by atoms with E-state index in [1.54, 1.807) is 0 Å². The molecule has 1 N–H and O–H groups in total. The van der Waals surface area contributed by atoms with Gasteiger partial charge >= 0.3 is 0 Å². The number of halogens is 1. The molecular formula is C12H13ClN2O4. The third-order valence-corrected chi connectivity index (χ3v) is 3.20. The number of carbonyl (C=O) groups excluding carboxylic acids is 1. The van der Waals surface area contributed by atoms with Gasteiger partial charge in [0.25, 0.3) is 11.6 Å². The second-order valence-electron chi connectivity index (χ2n) is 4.31. The summed E-state index contributed by atoms with van der Waals surface area (Å²) < 4.78 is 5.26. The van der Waals surface area contributed by atoms with Crippen molar-refractivity contribution in [3.8, 4) is 0 Å². The zero-order valence-corrected chi connectivity index (χ0v) is 10.9. The lowest BCUT2D eigenvalue weighted by Crippen LogP contribution is -2.40. The summed E-state index contributed by atoms with van der Waals surface area (Å²) in [5, 5.41) is 13.4. The highest BCUT2D eigenvalue weighted by molar-refractivity contribution is 6.33. The van der Waals surface area contributed by atoms with Crippen LogP contribution in [0, 0.1) is 10.1 Å². The first-order valence-electron chi connectivity index (χ1n) is 5.90. The number of hydrogen-bond acceptors (Lipinski definition) is 4. The van der Waals surface area contributed by atoms with Gasteiger partial charge in [-0.25, -0.2) is 0 Å². The van der Waals surface area contributed by atoms with E-state index in [4.69, 9.17) is 16.3 Å². The first-order chi connectivity index (χ1) is 9.08. The maximum atomic E-state index is 12.0. The van der Waals surface area contributed by atoms with Crippen molar-refractivity contribution in [3.63, 3.8) is 0 Å². The summed E-state index contributed by atoms with van der Waals surface area (Å²) >= 11 is 5.76. The number of amides is 1. The molecule has 0 aromatic heterocycles. The molecule has 0 saturated carbocycles. The lowest BCUT2D eigenvalue weighted by atomic mass is 10.1. The Hall–Kier alpha value is -1.66. The molecule has 1 heterocycles. The van der Waals surface area contributed by atoms with Crippen LogP contribution in [0.5, 0.6) is 0 Å². The minimum atomic E-state index is -0.584. The topological polar surface area (TPSA) is 81.5 Å². The molecule has 1 aliphatic rings. The van der Waals surface area contributed by atoms with Gasteiger partial charge in [-0.3, -0.25) is 14.9 Å². The Balaban J connectivity index is 2.06. The number of rotatable bonds is 3. The number of nitrogens with one attached hydrogen (secondary N) is 1. The predicted octanol–water partition coefficient (Wildman–Crippen LogP) is 2.16. The van der Waals surface area contributed by atoms with Crippen LogP contribution in [0.2, 0.25) is 5.02 Å². The highest BCUT2D eigenvalue weighted by atomic mass is 35.5. The highest BCUT2D eigenvalue weighted by Gasteiger charge is 2.19. The van der Waals surface area contributed by atoms with E-state index in [0.29, 0.717) is 12.2 Å². The molecule has 1 aromatic rings. The number of benzene rings is 1. The van der Waals surface area contributed by atoms with Gasteiger partial charge in [-0.1, -0.05) is 11.6 Å². The Labute approximate surface area is 114 Å². The van der Waals surface area contributed by atoms with Crippen LogP contribution in [0.1, 0.15) is 23.2 Å². The number of nitrogens with zero attached hydrogens (tertiary/aromatic N) is 1. The van der Waals surface area contributed by atoms with Gasteiger partial charge in [0.2, 0.25) is 0 Å². The van der Waals surface area contributed by atoms with E-state index in [1.165, 1.54) is 18.2 Å². The van der Waals surface area contributed by atoms with Crippen LogP contribution in [0.4, 0.5) is 5.69 Å². The summed E-state index contributed by atoms with van der Waals surface area (Å²) in [6.07, 6.45) is 1.78. The molecule has 0 radical (unpaired) electrons. The lowest BCUT2D eigenvalue weighted by molar-refractivity contribution is -0.384. The lowest BCUT2D eigenvalue weighted by Gasteiger charge is -2.23. The first-order valence-corrected chi connectivity index (χ1v) is 6.28. The normalized spacial score (nSPS) is 18.9. The summed E-state index contributed by atoms with van der Waals surface area (Å²) in [5.74, 6) is -0.299. The monoisotopic (exact) mass is 284 g/mol. The fourth-order valence-corrected chi connectivity index (χ4v) is 2.17. The van der Waals surface area contributed by atoms with Crippen LogP contribution in [0.3, 0.4) is 0 Å². The van der Waals surface area contributed by atoms with Crippen LogP contribution in [0.25, 0.3) is 0 Å². The molecule has 102 valence electrons. The van der Waals surface area contributed by atoms with Crippen LogP contribution in [0.15, 0.2) is 18.2 Å². The molecule has 1 fully saturated rings. The van der Waals surface area contributed by atoms with E-state index in [2.05, 4.69) is 5.32 Å². The van der Waals surface area contributed by atoms with Gasteiger partial charge in [0.15, 0.2) is 0 Å². The molecule has 0 spiro atoms. The van der Waals surface area contributed by atoms with E-state index in [0.717, 1.165) is 19.4 Å². The van der Waals surface area contributed by atoms with Gasteiger partial charge in [0.1, 0.15) is 5.02 Å². The van der Waals surface area contributed by atoms with E-state index in [-0.39, 0.29) is 22.7 Å². The quantitative estimate of drug-likeness (QED) is 0.681. The summed E-state index contributed by atoms with van der Waals surface area (Å²) in [6.45, 7) is 1.21. The number of carbonyl (C=O) groups is 1. The molecule has 1 unspecified atom stereocenters. The van der Waals surface area contributed by atoms with Crippen molar-refractivity contribution < 1.29 is 14.5 Å². The summed E-state index contributed by atoms with van der Waals surface area (Å²) in [5.41, 5.74) is 0.0976. The van der Waals surface area contributed by atoms with E-state index in [9.17, 15) is 14.9 Å². The van der Waals surface area contributed by atoms with Gasteiger partial charge < -0.3 is 10.1 Å². The number of nitro benzene ring substituents is 1. The van der Waals surface area contributed by atoms with Crippen LogP contribution >= 0.6 is 11.6 Å².